The summed E-state index contributed by atoms with van der Waals surface area (Å²) in [5.74, 6) is -0.275. The lowest BCUT2D eigenvalue weighted by molar-refractivity contribution is -0.870. The van der Waals surface area contributed by atoms with Crippen LogP contribution in [-0.2, 0) is 18.4 Å². The smallest absolute Gasteiger partial charge is 0.390 e. The van der Waals surface area contributed by atoms with Crippen molar-refractivity contribution in [3.63, 3.8) is 0 Å². The number of phosphoric acid groups is 1. The van der Waals surface area contributed by atoms with Crippen LogP contribution in [0.3, 0.4) is 0 Å². The van der Waals surface area contributed by atoms with Gasteiger partial charge < -0.3 is 24.9 Å². The van der Waals surface area contributed by atoms with Gasteiger partial charge in [0, 0.05) is 6.42 Å². The molecule has 4 unspecified atom stereocenters. The molecule has 10 heteroatoms. The molecule has 0 bridgehead atoms. The minimum atomic E-state index is -4.44. The molecule has 0 radical (unpaired) electrons. The molecule has 0 aromatic carbocycles. The van der Waals surface area contributed by atoms with Gasteiger partial charge in [-0.15, -0.1) is 0 Å². The predicted molar refractivity (Wildman–Crippen MR) is 305 cm³/mol. The topological polar surface area (TPSA) is 125 Å². The molecule has 0 heterocycles. The zero-order valence-corrected chi connectivity index (χ0v) is 47.2. The van der Waals surface area contributed by atoms with E-state index in [1.807, 2.05) is 21.1 Å². The van der Waals surface area contributed by atoms with E-state index in [0.717, 1.165) is 89.9 Å². The molecule has 0 aliphatic heterocycles. The summed E-state index contributed by atoms with van der Waals surface area (Å²) in [5.41, 5.74) is 0. The van der Waals surface area contributed by atoms with Gasteiger partial charge >= 0.3 is 7.82 Å². The first kappa shape index (κ1) is 68.4. The Labute approximate surface area is 437 Å². The largest absolute Gasteiger partial charge is 0.472 e. The molecule has 4 N–H and O–H groups in total. The van der Waals surface area contributed by atoms with Crippen molar-refractivity contribution in [2.75, 3.05) is 40.9 Å². The normalized spacial score (nSPS) is 15.1. The van der Waals surface area contributed by atoms with Crippen LogP contribution in [-0.4, -0.2) is 84.6 Å². The highest BCUT2D eigenvalue weighted by molar-refractivity contribution is 7.47. The summed E-state index contributed by atoms with van der Waals surface area (Å²) in [6.07, 6.45) is 69.4. The number of nitrogens with zero attached hydrogens (tertiary/aromatic N) is 1. The van der Waals surface area contributed by atoms with Crippen LogP contribution < -0.4 is 5.32 Å². The van der Waals surface area contributed by atoms with Crippen LogP contribution >= 0.6 is 7.82 Å². The van der Waals surface area contributed by atoms with E-state index < -0.39 is 32.7 Å². The summed E-state index contributed by atoms with van der Waals surface area (Å²) in [5, 5.41) is 24.7. The number of rotatable bonds is 51. The van der Waals surface area contributed by atoms with Gasteiger partial charge in [0.15, 0.2) is 0 Å². The summed E-state index contributed by atoms with van der Waals surface area (Å²) in [7, 11) is 1.40. The molecule has 0 aliphatic rings. The van der Waals surface area contributed by atoms with E-state index in [1.165, 1.54) is 103 Å². The van der Waals surface area contributed by atoms with Gasteiger partial charge in [0.2, 0.25) is 5.91 Å². The number of amides is 1. The van der Waals surface area contributed by atoms with Crippen LogP contribution in [0.1, 0.15) is 226 Å². The highest BCUT2D eigenvalue weighted by Gasteiger charge is 2.31. The molecule has 0 fully saturated rings. The van der Waals surface area contributed by atoms with Crippen molar-refractivity contribution >= 4 is 13.7 Å². The van der Waals surface area contributed by atoms with Crippen molar-refractivity contribution in [2.24, 2.45) is 0 Å². The second-order valence-electron chi connectivity index (χ2n) is 20.4. The SMILES string of the molecule is CC/C=C\C/C=C\C/C=C\C/C=C\C/C=C\C/C=C\CCCCCCCCCCCCCCCCCCC(=O)NC(COP(=O)(O)OCC[N+](C)(C)C)C(O)C(O)CCC/C=C/CC/C=C/CCCCC. The first-order valence-corrected chi connectivity index (χ1v) is 30.2. The van der Waals surface area contributed by atoms with Crippen molar-refractivity contribution in [3.05, 3.63) is 97.2 Å². The van der Waals surface area contributed by atoms with Crippen LogP contribution in [0.2, 0.25) is 0 Å². The third kappa shape index (κ3) is 52.1. The Morgan fingerprint density at radius 2 is 0.887 bits per heavy atom. The van der Waals surface area contributed by atoms with Gasteiger partial charge in [0.05, 0.1) is 39.9 Å². The quantitative estimate of drug-likeness (QED) is 0.0207. The zero-order chi connectivity index (χ0) is 52.2. The Morgan fingerprint density at radius 3 is 1.34 bits per heavy atom. The van der Waals surface area contributed by atoms with Gasteiger partial charge in [-0.3, -0.25) is 13.8 Å². The minimum Gasteiger partial charge on any atom is -0.390 e. The number of phosphoric ester groups is 1. The van der Waals surface area contributed by atoms with Crippen molar-refractivity contribution in [1.29, 1.82) is 0 Å². The Kier molecular flexibility index (Phi) is 49.0. The second-order valence-corrected chi connectivity index (χ2v) is 21.9. The third-order valence-corrected chi connectivity index (χ3v) is 13.4. The number of aliphatic hydroxyl groups excluding tert-OH is 2. The van der Waals surface area contributed by atoms with Crippen LogP contribution in [0, 0.1) is 0 Å². The lowest BCUT2D eigenvalue weighted by Gasteiger charge is -2.28. The average Bonchev–Trinajstić information content (AvgIpc) is 3.33. The van der Waals surface area contributed by atoms with E-state index in [1.54, 1.807) is 0 Å². The highest BCUT2D eigenvalue weighted by Crippen LogP contribution is 2.43. The Balaban J connectivity index is 4.12. The molecular formula is C61H110N2O7P+. The fourth-order valence-corrected chi connectivity index (χ4v) is 8.60. The second kappa shape index (κ2) is 50.9. The Bertz CT molecular complexity index is 1490. The molecule has 1 amide bonds. The van der Waals surface area contributed by atoms with E-state index in [2.05, 4.69) is 116 Å². The maximum absolute atomic E-state index is 13.0. The number of nitrogens with one attached hydrogen (secondary N) is 1. The van der Waals surface area contributed by atoms with E-state index >= 15 is 0 Å². The summed E-state index contributed by atoms with van der Waals surface area (Å²) in [4.78, 5) is 23.3. The Morgan fingerprint density at radius 1 is 0.507 bits per heavy atom. The van der Waals surface area contributed by atoms with E-state index in [4.69, 9.17) is 9.05 Å². The maximum Gasteiger partial charge on any atom is 0.472 e. The number of hydrogen-bond acceptors (Lipinski definition) is 6. The fraction of sp³-hybridized carbons (Fsp3) is 0.721. The Hall–Kier alpha value is -2.62. The van der Waals surface area contributed by atoms with E-state index in [-0.39, 0.29) is 18.9 Å². The van der Waals surface area contributed by atoms with Gasteiger partial charge in [0.25, 0.3) is 0 Å². The maximum atomic E-state index is 13.0. The lowest BCUT2D eigenvalue weighted by Crippen LogP contribution is -2.51. The van der Waals surface area contributed by atoms with E-state index in [9.17, 15) is 24.5 Å². The van der Waals surface area contributed by atoms with Crippen LogP contribution in [0.5, 0.6) is 0 Å². The van der Waals surface area contributed by atoms with Gasteiger partial charge in [-0.25, -0.2) is 4.57 Å². The molecule has 71 heavy (non-hydrogen) atoms. The molecule has 0 aromatic heterocycles. The van der Waals surface area contributed by atoms with Gasteiger partial charge in [-0.05, 0) is 103 Å². The highest BCUT2D eigenvalue weighted by atomic mass is 31.2. The fourth-order valence-electron chi connectivity index (χ4n) is 7.87. The summed E-state index contributed by atoms with van der Waals surface area (Å²) < 4.78 is 23.6. The van der Waals surface area contributed by atoms with Crippen molar-refractivity contribution in [2.45, 2.75) is 244 Å². The zero-order valence-electron chi connectivity index (χ0n) is 46.3. The molecule has 0 saturated heterocycles. The molecule has 0 aromatic rings. The molecule has 0 saturated carbocycles. The number of likely N-dealkylation sites (N-methyl/N-ethyl adjacent to an activating group) is 1. The molecular weight excluding hydrogens is 904 g/mol. The van der Waals surface area contributed by atoms with Gasteiger partial charge in [0.1, 0.15) is 19.3 Å². The number of carbonyl (C=O) groups excluding carboxylic acids is 1. The van der Waals surface area contributed by atoms with Crippen LogP contribution in [0.4, 0.5) is 0 Å². The number of quaternary nitrogens is 1. The van der Waals surface area contributed by atoms with Crippen molar-refractivity contribution in [1.82, 2.24) is 5.32 Å². The average molecular weight is 1010 g/mol. The van der Waals surface area contributed by atoms with Crippen molar-refractivity contribution in [3.8, 4) is 0 Å². The number of aliphatic hydroxyl groups is 2. The molecule has 0 spiro atoms. The van der Waals surface area contributed by atoms with E-state index in [0.29, 0.717) is 23.9 Å². The molecule has 0 aliphatic carbocycles. The first-order valence-electron chi connectivity index (χ1n) is 28.7. The monoisotopic (exact) mass is 1010 g/mol. The third-order valence-electron chi connectivity index (χ3n) is 12.4. The number of unbranched alkanes of at least 4 members (excludes halogenated alkanes) is 21. The number of hydrogen-bond donors (Lipinski definition) is 4. The van der Waals surface area contributed by atoms with Crippen molar-refractivity contribution < 1.29 is 38.0 Å². The first-order chi connectivity index (χ1) is 34.4. The molecule has 410 valence electrons. The summed E-state index contributed by atoms with van der Waals surface area (Å²) in [6, 6.07) is -1.06. The molecule has 9 nitrogen and oxygen atoms in total. The number of allylic oxidation sites excluding steroid dienone is 16. The van der Waals surface area contributed by atoms with Gasteiger partial charge in [-0.2, -0.15) is 0 Å². The number of carbonyl (C=O) groups is 1. The van der Waals surface area contributed by atoms with Crippen LogP contribution in [0.15, 0.2) is 97.2 Å². The lowest BCUT2D eigenvalue weighted by atomic mass is 10.0. The summed E-state index contributed by atoms with van der Waals surface area (Å²) >= 11 is 0. The minimum absolute atomic E-state index is 0.0106. The summed E-state index contributed by atoms with van der Waals surface area (Å²) in [6.45, 7) is 4.42. The standard InChI is InChI=1S/C61H109N2O7P/c1-6-8-10-12-14-16-18-20-21-22-23-24-25-26-27-28-29-30-31-32-33-34-35-36-37-38-39-40-41-42-44-46-48-50-52-54-60(65)62-58(57-70-71(67,68)69-56-55-63(3,4)5)61(66)59(64)53-51-49-47-45-43-19-17-15-13-11-9-7-2/h8,10,14-17,20-21,23-24,26-27,29-30,45,47,58-59,61,64,66H,6-7,9,11-13,18-19,22,25,28,31-44,46,48-57H2,1-5H3,(H-,62,65,67,68)/p+1/b10-8-,16-14-,17-15+,21-20-,24-23-,27-26-,30-29-,47-45+. The molecule has 4 atom stereocenters. The molecule has 0 rings (SSSR count). The predicted octanol–water partition coefficient (Wildman–Crippen LogP) is 16.4. The van der Waals surface area contributed by atoms with Crippen LogP contribution in [0.25, 0.3) is 0 Å². The van der Waals surface area contributed by atoms with Gasteiger partial charge in [-0.1, -0.05) is 214 Å².